The number of carbonyl (C=O) groups excluding carboxylic acids is 2. The molecule has 3 N–H and O–H groups in total. The number of hydrogen-bond acceptors (Lipinski definition) is 6. The maximum absolute atomic E-state index is 12.4. The number of para-hydroxylation sites is 1. The standard InChI is InChI=1S/C27H41N5O3/c1-6-35-26(33)23(15-18(2)3)31-27(34)28-17-19-11-13-20(14-12-19)29-25-16-24(32(4)5)21-9-7-8-10-22(21)30-25/h7-10,16,18-20,23H,6,11-15,17H2,1-5H3,(H,29,30)(H2,28,31,34)/t19-,20+,23?. The second-order valence-corrected chi connectivity index (χ2v) is 10.1. The lowest BCUT2D eigenvalue weighted by atomic mass is 9.86. The molecule has 1 fully saturated rings. The van der Waals surface area contributed by atoms with Gasteiger partial charge >= 0.3 is 12.0 Å². The molecule has 8 heteroatoms. The number of urea groups is 1. The van der Waals surface area contributed by atoms with Crippen molar-refractivity contribution in [3.63, 3.8) is 0 Å². The highest BCUT2D eigenvalue weighted by Gasteiger charge is 2.25. The summed E-state index contributed by atoms with van der Waals surface area (Å²) in [7, 11) is 4.11. The molecule has 0 radical (unpaired) electrons. The highest BCUT2D eigenvalue weighted by molar-refractivity contribution is 5.93. The number of anilines is 2. The van der Waals surface area contributed by atoms with Gasteiger partial charge in [-0.25, -0.2) is 14.6 Å². The van der Waals surface area contributed by atoms with E-state index in [9.17, 15) is 9.59 Å². The molecule has 0 saturated heterocycles. The Morgan fingerprint density at radius 3 is 2.51 bits per heavy atom. The number of carbonyl (C=O) groups is 2. The van der Waals surface area contributed by atoms with E-state index in [-0.39, 0.29) is 17.9 Å². The summed E-state index contributed by atoms with van der Waals surface area (Å²) in [5, 5.41) is 10.5. The Morgan fingerprint density at radius 2 is 1.86 bits per heavy atom. The number of aromatic nitrogens is 1. The number of amides is 2. The third kappa shape index (κ3) is 7.73. The number of nitrogens with one attached hydrogen (secondary N) is 3. The average Bonchev–Trinajstić information content (AvgIpc) is 2.82. The summed E-state index contributed by atoms with van der Waals surface area (Å²) in [6, 6.07) is 9.78. The molecular weight excluding hydrogens is 442 g/mol. The monoisotopic (exact) mass is 483 g/mol. The number of ether oxygens (including phenoxy) is 1. The van der Waals surface area contributed by atoms with Crippen LogP contribution in [0.15, 0.2) is 30.3 Å². The second-order valence-electron chi connectivity index (χ2n) is 10.1. The molecule has 2 amide bonds. The minimum Gasteiger partial charge on any atom is -0.464 e. The van der Waals surface area contributed by atoms with Crippen LogP contribution in [0.25, 0.3) is 10.9 Å². The number of benzene rings is 1. The van der Waals surface area contributed by atoms with E-state index < -0.39 is 6.04 Å². The lowest BCUT2D eigenvalue weighted by molar-refractivity contribution is -0.145. The van der Waals surface area contributed by atoms with Gasteiger partial charge in [-0.3, -0.25) is 0 Å². The Balaban J connectivity index is 1.48. The maximum Gasteiger partial charge on any atom is 0.328 e. The van der Waals surface area contributed by atoms with Crippen molar-refractivity contribution in [1.82, 2.24) is 15.6 Å². The molecule has 1 unspecified atom stereocenters. The number of rotatable bonds is 10. The zero-order valence-electron chi connectivity index (χ0n) is 21.8. The molecule has 3 rings (SSSR count). The van der Waals surface area contributed by atoms with E-state index in [0.717, 1.165) is 48.1 Å². The Morgan fingerprint density at radius 1 is 1.14 bits per heavy atom. The quantitative estimate of drug-likeness (QED) is 0.429. The SMILES string of the molecule is CCOC(=O)C(CC(C)C)NC(=O)NC[C@H]1CC[C@@H](Nc2cc(N(C)C)c3ccccc3n2)CC1. The molecule has 0 bridgehead atoms. The maximum atomic E-state index is 12.4. The molecule has 2 aromatic rings. The fourth-order valence-electron chi connectivity index (χ4n) is 4.70. The predicted octanol–water partition coefficient (Wildman–Crippen LogP) is 4.55. The van der Waals surface area contributed by atoms with Gasteiger partial charge in [-0.2, -0.15) is 0 Å². The van der Waals surface area contributed by atoms with Crippen LogP contribution in [0.2, 0.25) is 0 Å². The van der Waals surface area contributed by atoms with Crippen LogP contribution in [-0.2, 0) is 9.53 Å². The van der Waals surface area contributed by atoms with E-state index >= 15 is 0 Å². The summed E-state index contributed by atoms with van der Waals surface area (Å²) in [6.45, 7) is 6.72. The van der Waals surface area contributed by atoms with E-state index in [2.05, 4.69) is 53.1 Å². The third-order valence-corrected chi connectivity index (χ3v) is 6.51. The minimum absolute atomic E-state index is 0.276. The summed E-state index contributed by atoms with van der Waals surface area (Å²) >= 11 is 0. The first-order valence-electron chi connectivity index (χ1n) is 12.8. The molecule has 1 aromatic heterocycles. The van der Waals surface area contributed by atoms with Gasteiger partial charge in [-0.05, 0) is 56.9 Å². The molecule has 1 heterocycles. The van der Waals surface area contributed by atoms with Crippen molar-refractivity contribution in [1.29, 1.82) is 0 Å². The van der Waals surface area contributed by atoms with Crippen LogP contribution in [0.1, 0.15) is 52.9 Å². The summed E-state index contributed by atoms with van der Waals surface area (Å²) < 4.78 is 5.11. The van der Waals surface area contributed by atoms with E-state index in [1.54, 1.807) is 6.92 Å². The molecule has 8 nitrogen and oxygen atoms in total. The Labute approximate surface area is 209 Å². The van der Waals surface area contributed by atoms with Crippen LogP contribution in [0.5, 0.6) is 0 Å². The van der Waals surface area contributed by atoms with Gasteiger partial charge in [0.15, 0.2) is 0 Å². The summed E-state index contributed by atoms with van der Waals surface area (Å²) in [5.41, 5.74) is 2.14. The van der Waals surface area contributed by atoms with Crippen LogP contribution in [0.3, 0.4) is 0 Å². The van der Waals surface area contributed by atoms with Gasteiger partial charge in [0.25, 0.3) is 0 Å². The zero-order chi connectivity index (χ0) is 25.4. The van der Waals surface area contributed by atoms with Crippen LogP contribution in [-0.4, -0.2) is 56.3 Å². The van der Waals surface area contributed by atoms with Crippen molar-refractivity contribution >= 4 is 34.4 Å². The van der Waals surface area contributed by atoms with Crippen molar-refractivity contribution in [3.8, 4) is 0 Å². The van der Waals surface area contributed by atoms with E-state index in [1.807, 2.05) is 26.0 Å². The highest BCUT2D eigenvalue weighted by atomic mass is 16.5. The fraction of sp³-hybridized carbons (Fsp3) is 0.593. The highest BCUT2D eigenvalue weighted by Crippen LogP contribution is 2.30. The Hall–Kier alpha value is -3.03. The average molecular weight is 484 g/mol. The molecule has 0 aliphatic heterocycles. The predicted molar refractivity (Wildman–Crippen MR) is 142 cm³/mol. The van der Waals surface area contributed by atoms with Crippen molar-refractivity contribution < 1.29 is 14.3 Å². The summed E-state index contributed by atoms with van der Waals surface area (Å²) in [4.78, 5) is 31.5. The molecule has 1 aromatic carbocycles. The normalized spacial score (nSPS) is 18.7. The number of nitrogens with zero attached hydrogens (tertiary/aromatic N) is 2. The van der Waals surface area contributed by atoms with E-state index in [1.165, 1.54) is 0 Å². The topological polar surface area (TPSA) is 95.6 Å². The van der Waals surface area contributed by atoms with Crippen LogP contribution < -0.4 is 20.9 Å². The van der Waals surface area contributed by atoms with Crippen molar-refractivity contribution in [2.24, 2.45) is 11.8 Å². The van der Waals surface area contributed by atoms with Crippen molar-refractivity contribution in [3.05, 3.63) is 30.3 Å². The van der Waals surface area contributed by atoms with Crippen molar-refractivity contribution in [2.45, 2.75) is 65.0 Å². The van der Waals surface area contributed by atoms with Crippen LogP contribution in [0, 0.1) is 11.8 Å². The van der Waals surface area contributed by atoms with Crippen molar-refractivity contribution in [2.75, 3.05) is 37.5 Å². The first-order chi connectivity index (χ1) is 16.8. The third-order valence-electron chi connectivity index (χ3n) is 6.51. The molecule has 1 aliphatic rings. The molecule has 1 atom stereocenters. The molecule has 1 aliphatic carbocycles. The van der Waals surface area contributed by atoms with E-state index in [0.29, 0.717) is 31.5 Å². The van der Waals surface area contributed by atoms with Gasteiger partial charge in [0.1, 0.15) is 11.9 Å². The van der Waals surface area contributed by atoms with Crippen LogP contribution >= 0.6 is 0 Å². The smallest absolute Gasteiger partial charge is 0.328 e. The first kappa shape index (κ1) is 26.6. The molecule has 1 saturated carbocycles. The number of esters is 1. The van der Waals surface area contributed by atoms with Gasteiger partial charge in [0.05, 0.1) is 12.1 Å². The molecule has 0 spiro atoms. The Bertz CT molecular complexity index is 986. The minimum atomic E-state index is -0.614. The molecule has 192 valence electrons. The second kappa shape index (κ2) is 12.6. The number of hydrogen-bond donors (Lipinski definition) is 3. The van der Waals surface area contributed by atoms with E-state index in [4.69, 9.17) is 9.72 Å². The summed E-state index contributed by atoms with van der Waals surface area (Å²) in [6.07, 6.45) is 4.66. The van der Waals surface area contributed by atoms with Crippen LogP contribution in [0.4, 0.5) is 16.3 Å². The number of pyridine rings is 1. The first-order valence-corrected chi connectivity index (χ1v) is 12.8. The number of fused-ring (bicyclic) bond motifs is 1. The lowest BCUT2D eigenvalue weighted by Crippen LogP contribution is -2.48. The fourth-order valence-corrected chi connectivity index (χ4v) is 4.70. The molecular formula is C27H41N5O3. The van der Waals surface area contributed by atoms with Gasteiger partial charge in [0, 0.05) is 43.8 Å². The summed E-state index contributed by atoms with van der Waals surface area (Å²) in [5.74, 6) is 1.23. The largest absolute Gasteiger partial charge is 0.464 e. The van der Waals surface area contributed by atoms with Gasteiger partial charge < -0.3 is 25.6 Å². The molecule has 35 heavy (non-hydrogen) atoms. The zero-order valence-corrected chi connectivity index (χ0v) is 21.8. The van der Waals surface area contributed by atoms with Gasteiger partial charge in [-0.1, -0.05) is 32.0 Å². The van der Waals surface area contributed by atoms with Gasteiger partial charge in [0.2, 0.25) is 0 Å². The van der Waals surface area contributed by atoms with Gasteiger partial charge in [-0.15, -0.1) is 0 Å². The lowest BCUT2D eigenvalue weighted by Gasteiger charge is -2.30. The Kier molecular flexibility index (Phi) is 9.57.